The average Bonchev–Trinajstić information content (AvgIpc) is 1.92. The summed E-state index contributed by atoms with van der Waals surface area (Å²) in [6.07, 6.45) is -4.26. The van der Waals surface area contributed by atoms with Crippen LogP contribution < -0.4 is 0 Å². The van der Waals surface area contributed by atoms with E-state index in [-0.39, 0.29) is 25.0 Å². The van der Waals surface area contributed by atoms with Crippen LogP contribution in [0.25, 0.3) is 0 Å². The van der Waals surface area contributed by atoms with E-state index in [1.165, 1.54) is 0 Å². The molecule has 2 atom stereocenters. The van der Waals surface area contributed by atoms with Crippen molar-refractivity contribution in [3.05, 3.63) is 0 Å². The zero-order valence-corrected chi connectivity index (χ0v) is 7.78. The number of rotatable bonds is 0. The minimum absolute atomic E-state index is 0.0418. The number of carbonyl (C=O) groups is 1. The Morgan fingerprint density at radius 3 is 2.42 bits per heavy atom. The maximum atomic E-state index is 12.1. The van der Waals surface area contributed by atoms with Gasteiger partial charge in [-0.25, -0.2) is 0 Å². The van der Waals surface area contributed by atoms with Crippen LogP contribution in [0.4, 0.5) is 13.2 Å². The number of ketones is 1. The van der Waals surface area contributed by atoms with Gasteiger partial charge in [-0.05, 0) is 12.8 Å². The smallest absolute Gasteiger partial charge is 0.298 e. The molecule has 0 radical (unpaired) electrons. The number of alkyl halides is 4. The highest BCUT2D eigenvalue weighted by atomic mass is 79.9. The summed E-state index contributed by atoms with van der Waals surface area (Å²) in [7, 11) is 0. The lowest BCUT2D eigenvalue weighted by atomic mass is 9.88. The predicted molar refractivity (Wildman–Crippen MR) is 41.1 cm³/mol. The summed E-state index contributed by atoms with van der Waals surface area (Å²) in [5.74, 6) is -1.42. The van der Waals surface area contributed by atoms with Gasteiger partial charge in [-0.2, -0.15) is 13.2 Å². The fourth-order valence-electron chi connectivity index (χ4n) is 1.27. The molecule has 0 aliphatic heterocycles. The molecule has 70 valence electrons. The van der Waals surface area contributed by atoms with Crippen molar-refractivity contribution in [1.29, 1.82) is 0 Å². The Labute approximate surface area is 76.4 Å². The van der Waals surface area contributed by atoms with Gasteiger partial charge in [-0.15, -0.1) is 0 Å². The van der Waals surface area contributed by atoms with Crippen molar-refractivity contribution in [3.63, 3.8) is 0 Å². The van der Waals surface area contributed by atoms with Crippen LogP contribution >= 0.6 is 15.9 Å². The minimum Gasteiger partial charge on any atom is -0.298 e. The topological polar surface area (TPSA) is 17.1 Å². The second kappa shape index (κ2) is 3.36. The van der Waals surface area contributed by atoms with E-state index < -0.39 is 16.9 Å². The molecule has 0 bridgehead atoms. The van der Waals surface area contributed by atoms with Gasteiger partial charge in [0.2, 0.25) is 0 Å². The van der Waals surface area contributed by atoms with Gasteiger partial charge in [0.05, 0.1) is 10.7 Å². The molecule has 0 amide bonds. The number of carbonyl (C=O) groups excluding carboxylic acids is 1. The molecule has 1 aliphatic rings. The number of hydrogen-bond donors (Lipinski definition) is 0. The maximum absolute atomic E-state index is 12.1. The quantitative estimate of drug-likeness (QED) is 0.599. The molecule has 0 saturated heterocycles. The number of hydrogen-bond acceptors (Lipinski definition) is 1. The number of halogens is 4. The molecule has 2 unspecified atom stereocenters. The van der Waals surface area contributed by atoms with Crippen LogP contribution in [-0.2, 0) is 4.79 Å². The molecule has 0 aromatic carbocycles. The van der Waals surface area contributed by atoms with Crippen molar-refractivity contribution in [2.75, 3.05) is 0 Å². The molecule has 0 spiro atoms. The van der Waals surface area contributed by atoms with Crippen LogP contribution in [0.2, 0.25) is 0 Å². The standard InChI is InChI=1S/C7H8BrF3O/c8-5-3-4(7(9,10)11)1-2-6(5)12/h4-5H,1-3H2. The van der Waals surface area contributed by atoms with Crippen LogP contribution in [0.1, 0.15) is 19.3 Å². The summed E-state index contributed by atoms with van der Waals surface area (Å²) < 4.78 is 36.3. The van der Waals surface area contributed by atoms with Gasteiger partial charge in [0, 0.05) is 6.42 Å². The molecule has 0 heterocycles. The van der Waals surface area contributed by atoms with E-state index >= 15 is 0 Å². The molecule has 1 aliphatic carbocycles. The van der Waals surface area contributed by atoms with Gasteiger partial charge in [0.15, 0.2) is 0 Å². The zero-order valence-electron chi connectivity index (χ0n) is 6.20. The van der Waals surface area contributed by atoms with Crippen LogP contribution in [0.15, 0.2) is 0 Å². The van der Waals surface area contributed by atoms with Crippen molar-refractivity contribution in [2.24, 2.45) is 5.92 Å². The van der Waals surface area contributed by atoms with E-state index in [1.807, 2.05) is 0 Å². The monoisotopic (exact) mass is 244 g/mol. The van der Waals surface area contributed by atoms with E-state index in [0.717, 1.165) is 0 Å². The highest BCUT2D eigenvalue weighted by molar-refractivity contribution is 9.10. The highest BCUT2D eigenvalue weighted by Gasteiger charge is 2.43. The van der Waals surface area contributed by atoms with Crippen molar-refractivity contribution in [3.8, 4) is 0 Å². The Bertz CT molecular complexity index is 190. The molecule has 1 rings (SSSR count). The lowest BCUT2D eigenvalue weighted by molar-refractivity contribution is -0.181. The molecule has 0 aromatic heterocycles. The Kier molecular flexibility index (Phi) is 2.81. The van der Waals surface area contributed by atoms with Crippen LogP contribution in [0.3, 0.4) is 0 Å². The van der Waals surface area contributed by atoms with E-state index in [2.05, 4.69) is 15.9 Å². The molecule has 5 heteroatoms. The number of Topliss-reactive ketones (excluding diaryl/α,β-unsaturated/α-hetero) is 1. The first-order chi connectivity index (χ1) is 5.41. The Morgan fingerprint density at radius 1 is 1.42 bits per heavy atom. The normalized spacial score (nSPS) is 32.2. The second-order valence-corrected chi connectivity index (χ2v) is 4.05. The van der Waals surface area contributed by atoms with Gasteiger partial charge >= 0.3 is 6.18 Å². The Hall–Kier alpha value is -0.0600. The summed E-state index contributed by atoms with van der Waals surface area (Å²) >= 11 is 2.94. The largest absolute Gasteiger partial charge is 0.391 e. The van der Waals surface area contributed by atoms with Gasteiger partial charge in [0.25, 0.3) is 0 Å². The molecule has 0 N–H and O–H groups in total. The van der Waals surface area contributed by atoms with Crippen molar-refractivity contribution >= 4 is 21.7 Å². The third kappa shape index (κ3) is 2.21. The summed E-state index contributed by atoms with van der Waals surface area (Å²) in [6.45, 7) is 0. The van der Waals surface area contributed by atoms with Crippen molar-refractivity contribution in [2.45, 2.75) is 30.3 Å². The molecule has 1 fully saturated rings. The Balaban J connectivity index is 2.57. The first kappa shape index (κ1) is 10.0. The van der Waals surface area contributed by atoms with Gasteiger partial charge in [0.1, 0.15) is 5.78 Å². The van der Waals surface area contributed by atoms with E-state index in [9.17, 15) is 18.0 Å². The van der Waals surface area contributed by atoms with Crippen molar-refractivity contribution < 1.29 is 18.0 Å². The van der Waals surface area contributed by atoms with Crippen LogP contribution in [-0.4, -0.2) is 16.8 Å². The van der Waals surface area contributed by atoms with E-state index in [0.29, 0.717) is 0 Å². The Morgan fingerprint density at radius 2 is 2.00 bits per heavy atom. The summed E-state index contributed by atoms with van der Waals surface area (Å²) in [4.78, 5) is 10.3. The van der Waals surface area contributed by atoms with Gasteiger partial charge in [-0.3, -0.25) is 4.79 Å². The summed E-state index contributed by atoms with van der Waals surface area (Å²) in [5.41, 5.74) is 0. The van der Waals surface area contributed by atoms with Crippen LogP contribution in [0.5, 0.6) is 0 Å². The van der Waals surface area contributed by atoms with E-state index in [4.69, 9.17) is 0 Å². The molecule has 0 aromatic rings. The second-order valence-electron chi connectivity index (χ2n) is 2.95. The lowest BCUT2D eigenvalue weighted by Crippen LogP contribution is -2.33. The third-order valence-electron chi connectivity index (χ3n) is 2.04. The maximum Gasteiger partial charge on any atom is 0.391 e. The van der Waals surface area contributed by atoms with Gasteiger partial charge in [-0.1, -0.05) is 15.9 Å². The molecule has 1 nitrogen and oxygen atoms in total. The summed E-state index contributed by atoms with van der Waals surface area (Å²) in [6, 6.07) is 0. The molecular formula is C7H8BrF3O. The fraction of sp³-hybridized carbons (Fsp3) is 0.857. The van der Waals surface area contributed by atoms with Crippen LogP contribution in [0, 0.1) is 5.92 Å². The van der Waals surface area contributed by atoms with E-state index in [1.54, 1.807) is 0 Å². The first-order valence-electron chi connectivity index (χ1n) is 3.64. The third-order valence-corrected chi connectivity index (χ3v) is 2.93. The minimum atomic E-state index is -4.15. The van der Waals surface area contributed by atoms with Gasteiger partial charge < -0.3 is 0 Å². The molecule has 1 saturated carbocycles. The summed E-state index contributed by atoms with van der Waals surface area (Å²) in [5, 5.41) is 0. The zero-order chi connectivity index (χ0) is 9.35. The lowest BCUT2D eigenvalue weighted by Gasteiger charge is -2.26. The highest BCUT2D eigenvalue weighted by Crippen LogP contribution is 2.38. The fourth-order valence-corrected chi connectivity index (χ4v) is 1.95. The average molecular weight is 245 g/mol. The van der Waals surface area contributed by atoms with Crippen molar-refractivity contribution in [1.82, 2.24) is 0 Å². The predicted octanol–water partition coefficient (Wildman–Crippen LogP) is 2.68. The first-order valence-corrected chi connectivity index (χ1v) is 4.56. The molecular weight excluding hydrogens is 237 g/mol. The molecule has 12 heavy (non-hydrogen) atoms. The SMILES string of the molecule is O=C1CCC(C(F)(F)F)CC1Br.